The van der Waals surface area contributed by atoms with Crippen LogP contribution >= 0.6 is 0 Å². The number of para-hydroxylation sites is 2. The highest BCUT2D eigenvalue weighted by Gasteiger charge is 2.49. The predicted molar refractivity (Wildman–Crippen MR) is 140 cm³/mol. The van der Waals surface area contributed by atoms with Gasteiger partial charge in [-0.1, -0.05) is 36.4 Å². The summed E-state index contributed by atoms with van der Waals surface area (Å²) in [7, 11) is 0. The molecule has 4 aliphatic heterocycles. The van der Waals surface area contributed by atoms with E-state index in [1.54, 1.807) is 24.3 Å². The first kappa shape index (κ1) is 22.8. The van der Waals surface area contributed by atoms with Crippen LogP contribution in [0.3, 0.4) is 0 Å². The number of imide groups is 2. The van der Waals surface area contributed by atoms with Crippen LogP contribution in [0.5, 0.6) is 11.5 Å². The van der Waals surface area contributed by atoms with Crippen molar-refractivity contribution in [2.24, 2.45) is 0 Å². The topological polar surface area (TPSA) is 159 Å². The molecule has 11 nitrogen and oxygen atoms in total. The lowest BCUT2D eigenvalue weighted by molar-refractivity contribution is 0.0686. The Kier molecular flexibility index (Phi) is 4.07. The number of amides is 4. The number of fused-ring (bicyclic) bond motifs is 10. The predicted octanol–water partition coefficient (Wildman–Crippen LogP) is 4.44. The fourth-order valence-electron chi connectivity index (χ4n) is 6.10. The zero-order valence-electron chi connectivity index (χ0n) is 20.4. The summed E-state index contributed by atoms with van der Waals surface area (Å²) in [5.41, 5.74) is -0.910. The van der Waals surface area contributed by atoms with Crippen LogP contribution in [0.2, 0.25) is 0 Å². The van der Waals surface area contributed by atoms with Gasteiger partial charge in [0, 0.05) is 22.3 Å². The molecule has 0 spiro atoms. The van der Waals surface area contributed by atoms with E-state index in [0.717, 1.165) is 21.9 Å². The number of carbonyl (C=O) groups is 6. The van der Waals surface area contributed by atoms with Crippen molar-refractivity contribution < 1.29 is 43.7 Å². The molecular weight excluding hydrogens is 532 g/mol. The maximum atomic E-state index is 13.7. The van der Waals surface area contributed by atoms with E-state index in [2.05, 4.69) is 0 Å². The average molecular weight is 544 g/mol. The summed E-state index contributed by atoms with van der Waals surface area (Å²) >= 11 is 0. The van der Waals surface area contributed by atoms with Crippen molar-refractivity contribution in [2.45, 2.75) is 0 Å². The Balaban J connectivity index is 1.53. The van der Waals surface area contributed by atoms with Gasteiger partial charge in [-0.25, -0.2) is 19.4 Å². The molecule has 0 aromatic heterocycles. The number of ether oxygens (including phenoxy) is 1. The molecule has 6 bridgehead atoms. The van der Waals surface area contributed by atoms with Crippen molar-refractivity contribution in [1.82, 2.24) is 0 Å². The molecule has 0 saturated carbocycles. The van der Waals surface area contributed by atoms with Gasteiger partial charge in [0.2, 0.25) is 0 Å². The fraction of sp³-hybridized carbons (Fsp3) is 0. The number of benzene rings is 4. The number of hydrogen-bond acceptors (Lipinski definition) is 7. The Morgan fingerprint density at radius 2 is 0.927 bits per heavy atom. The van der Waals surface area contributed by atoms with Gasteiger partial charge < -0.3 is 14.9 Å². The molecule has 41 heavy (non-hydrogen) atoms. The molecule has 4 aliphatic rings. The van der Waals surface area contributed by atoms with Crippen LogP contribution in [0.15, 0.2) is 60.7 Å². The molecule has 0 atom stereocenters. The Morgan fingerprint density at radius 3 is 1.32 bits per heavy atom. The largest absolute Gasteiger partial charge is 0.478 e. The number of rotatable bonds is 4. The maximum absolute atomic E-state index is 13.7. The highest BCUT2D eigenvalue weighted by molar-refractivity contribution is 6.40. The van der Waals surface area contributed by atoms with Crippen molar-refractivity contribution in [3.63, 3.8) is 0 Å². The van der Waals surface area contributed by atoms with Gasteiger partial charge in [-0.2, -0.15) is 0 Å². The second-order valence-corrected chi connectivity index (χ2v) is 9.74. The molecule has 4 aromatic carbocycles. The zero-order valence-corrected chi connectivity index (χ0v) is 20.4. The molecule has 4 heterocycles. The second kappa shape index (κ2) is 7.30. The van der Waals surface area contributed by atoms with E-state index in [-0.39, 0.29) is 78.5 Å². The quantitative estimate of drug-likeness (QED) is 0.354. The summed E-state index contributed by atoms with van der Waals surface area (Å²) in [6.45, 7) is 0. The molecule has 0 saturated heterocycles. The molecule has 4 amide bonds. The number of nitrogens with zero attached hydrogens (tertiary/aromatic N) is 2. The highest BCUT2D eigenvalue weighted by Crippen LogP contribution is 2.55. The van der Waals surface area contributed by atoms with Gasteiger partial charge in [0.15, 0.2) is 0 Å². The van der Waals surface area contributed by atoms with Crippen molar-refractivity contribution >= 4 is 46.9 Å². The zero-order chi connectivity index (χ0) is 28.5. The lowest BCUT2D eigenvalue weighted by atomic mass is 9.90. The Bertz CT molecular complexity index is 1930. The van der Waals surface area contributed by atoms with Crippen LogP contribution in [0.25, 0.3) is 22.3 Å². The van der Waals surface area contributed by atoms with Crippen molar-refractivity contribution in [2.75, 3.05) is 9.80 Å². The van der Waals surface area contributed by atoms with Gasteiger partial charge in [-0.15, -0.1) is 0 Å². The van der Waals surface area contributed by atoms with Crippen molar-refractivity contribution in [3.8, 4) is 33.8 Å². The Labute approximate surface area is 228 Å². The Hall–Kier alpha value is -6.10. The van der Waals surface area contributed by atoms with E-state index in [1.165, 1.54) is 24.3 Å². The molecule has 0 radical (unpaired) electrons. The van der Waals surface area contributed by atoms with E-state index in [1.807, 2.05) is 0 Å². The molecule has 4 aromatic rings. The monoisotopic (exact) mass is 544 g/mol. The van der Waals surface area contributed by atoms with Crippen molar-refractivity contribution in [3.05, 3.63) is 94.0 Å². The van der Waals surface area contributed by atoms with Crippen LogP contribution in [0.1, 0.15) is 62.1 Å². The number of aromatic carboxylic acids is 2. The van der Waals surface area contributed by atoms with E-state index < -0.39 is 35.6 Å². The standard InChI is InChI=1S/C30H12N2O9/c33-25-13-9-15(29(37)38)19-11-5-1-3-7-17(11)31(25)27(35)21(13)23(19)41-24-20-12-6-2-4-8-18(12)32-26(34)14(22(24)28(32)36)10-16(20)30(39)40/h1-10H,(H,37,38)(H,39,40). The molecule has 2 N–H and O–H groups in total. The van der Waals surface area contributed by atoms with Crippen LogP contribution in [-0.2, 0) is 0 Å². The third kappa shape index (κ3) is 2.57. The number of carbonyl (C=O) groups excluding carboxylic acids is 4. The third-order valence-electron chi connectivity index (χ3n) is 7.76. The summed E-state index contributed by atoms with van der Waals surface area (Å²) < 4.78 is 6.37. The van der Waals surface area contributed by atoms with Gasteiger partial charge in [0.05, 0.1) is 44.8 Å². The van der Waals surface area contributed by atoms with Crippen molar-refractivity contribution in [1.29, 1.82) is 0 Å². The lowest BCUT2D eigenvalue weighted by Crippen LogP contribution is -2.29. The van der Waals surface area contributed by atoms with Crippen LogP contribution in [-0.4, -0.2) is 45.8 Å². The van der Waals surface area contributed by atoms with Gasteiger partial charge in [0.1, 0.15) is 11.5 Å². The fourth-order valence-corrected chi connectivity index (χ4v) is 6.10. The van der Waals surface area contributed by atoms with Gasteiger partial charge in [-0.05, 0) is 24.3 Å². The normalized spacial score (nSPS) is 14.8. The van der Waals surface area contributed by atoms with Crippen LogP contribution < -0.4 is 14.5 Å². The third-order valence-corrected chi connectivity index (χ3v) is 7.76. The second-order valence-electron chi connectivity index (χ2n) is 9.74. The molecule has 0 aliphatic carbocycles. The van der Waals surface area contributed by atoms with E-state index in [4.69, 9.17) is 4.74 Å². The summed E-state index contributed by atoms with van der Waals surface area (Å²) in [4.78, 5) is 80.9. The lowest BCUT2D eigenvalue weighted by Gasteiger charge is -2.23. The average Bonchev–Trinajstić information content (AvgIpc) is 3.30. The summed E-state index contributed by atoms with van der Waals surface area (Å²) in [6, 6.07) is 14.6. The molecule has 196 valence electrons. The first-order chi connectivity index (χ1) is 19.7. The van der Waals surface area contributed by atoms with E-state index >= 15 is 0 Å². The van der Waals surface area contributed by atoms with Gasteiger partial charge >= 0.3 is 11.9 Å². The van der Waals surface area contributed by atoms with Crippen LogP contribution in [0.4, 0.5) is 11.4 Å². The summed E-state index contributed by atoms with van der Waals surface area (Å²) in [6.07, 6.45) is 0. The minimum absolute atomic E-state index is 0.0308. The first-order valence-electron chi connectivity index (χ1n) is 12.2. The summed E-state index contributed by atoms with van der Waals surface area (Å²) in [5, 5.41) is 20.3. The molecule has 0 fully saturated rings. The smallest absolute Gasteiger partial charge is 0.336 e. The minimum Gasteiger partial charge on any atom is -0.478 e. The molecular formula is C30H12N2O9. The van der Waals surface area contributed by atoms with Gasteiger partial charge in [0.25, 0.3) is 23.6 Å². The van der Waals surface area contributed by atoms with Gasteiger partial charge in [-0.3, -0.25) is 19.2 Å². The number of hydrogen-bond donors (Lipinski definition) is 2. The SMILES string of the molecule is O=C(O)c1cc2c3c(Oc4c5c6cc(C(=O)O)c4-c4ccccc4N(C6=O)C5=O)c1-c1ccccc1N(C2=O)C3=O. The van der Waals surface area contributed by atoms with Crippen LogP contribution in [0, 0.1) is 0 Å². The van der Waals surface area contributed by atoms with E-state index in [9.17, 15) is 39.0 Å². The first-order valence-corrected chi connectivity index (χ1v) is 12.2. The number of carboxylic acids is 2. The molecule has 0 unspecified atom stereocenters. The highest BCUT2D eigenvalue weighted by atomic mass is 16.5. The Morgan fingerprint density at radius 1 is 0.537 bits per heavy atom. The minimum atomic E-state index is -1.40. The molecule has 8 rings (SSSR count). The number of carboxylic acid groups (broad SMARTS) is 2. The summed E-state index contributed by atoms with van der Waals surface area (Å²) in [5.74, 6) is -6.50. The maximum Gasteiger partial charge on any atom is 0.336 e. The van der Waals surface area contributed by atoms with E-state index in [0.29, 0.717) is 0 Å². The molecule has 11 heteroatoms. The number of anilines is 2.